The Morgan fingerprint density at radius 3 is 2.28 bits per heavy atom. The number of hydrogen-bond donors (Lipinski definition) is 1. The lowest BCUT2D eigenvalue weighted by Gasteiger charge is -2.10. The Kier molecular flexibility index (Phi) is 9.22. The van der Waals surface area contributed by atoms with Gasteiger partial charge in [0.25, 0.3) is 0 Å². The summed E-state index contributed by atoms with van der Waals surface area (Å²) in [5.74, 6) is 0.463. The summed E-state index contributed by atoms with van der Waals surface area (Å²) in [5, 5.41) is 18.9. The predicted molar refractivity (Wildman–Crippen MR) is 141 cm³/mol. The molecule has 0 radical (unpaired) electrons. The number of phenols is 1. The fourth-order valence-electron chi connectivity index (χ4n) is 3.48. The fraction of sp³-hybridized carbons (Fsp3) is 0.276. The zero-order chi connectivity index (χ0) is 26.1. The number of ether oxygens (including phenoxy) is 2. The molecular formula is C29H33N3O4. The molecule has 7 nitrogen and oxygen atoms in total. The van der Waals surface area contributed by atoms with E-state index in [4.69, 9.17) is 9.47 Å². The van der Waals surface area contributed by atoms with Crippen molar-refractivity contribution in [1.29, 1.82) is 0 Å². The quantitative estimate of drug-likeness (QED) is 0.222. The number of para-hydroxylation sites is 2. The van der Waals surface area contributed by atoms with Crippen LogP contribution < -0.4 is 4.74 Å². The summed E-state index contributed by atoms with van der Waals surface area (Å²) >= 11 is 0. The topological polar surface area (TPSA) is 86.5 Å². The summed E-state index contributed by atoms with van der Waals surface area (Å²) in [6.07, 6.45) is 10.1. The summed E-state index contributed by atoms with van der Waals surface area (Å²) in [7, 11) is 1.59. The Morgan fingerprint density at radius 2 is 1.67 bits per heavy atom. The minimum atomic E-state index is -0.494. The van der Waals surface area contributed by atoms with E-state index in [1.54, 1.807) is 24.1 Å². The molecule has 0 spiro atoms. The number of carbonyl (C=O) groups is 1. The number of aromatic hydroxyl groups is 1. The normalized spacial score (nSPS) is 10.8. The molecule has 0 amide bonds. The molecule has 2 aromatic carbocycles. The van der Waals surface area contributed by atoms with E-state index in [2.05, 4.69) is 22.5 Å². The first-order valence-electron chi connectivity index (χ1n) is 11.8. The Balaban J connectivity index is 1.70. The van der Waals surface area contributed by atoms with Crippen LogP contribution in [0.1, 0.15) is 50.1 Å². The summed E-state index contributed by atoms with van der Waals surface area (Å²) in [4.78, 5) is 12.4. The van der Waals surface area contributed by atoms with E-state index in [0.29, 0.717) is 30.0 Å². The van der Waals surface area contributed by atoms with Crippen LogP contribution in [-0.2, 0) is 29.0 Å². The molecule has 0 fully saturated rings. The summed E-state index contributed by atoms with van der Waals surface area (Å²) in [6.45, 7) is 8.09. The van der Waals surface area contributed by atoms with Crippen molar-refractivity contribution >= 4 is 12.0 Å². The summed E-state index contributed by atoms with van der Waals surface area (Å²) in [6, 6.07) is 11.2. The molecule has 1 aromatic heterocycles. The van der Waals surface area contributed by atoms with Crippen molar-refractivity contribution in [2.24, 2.45) is 0 Å². The minimum absolute atomic E-state index is 0.00839. The smallest absolute Gasteiger partial charge is 0.331 e. The molecule has 7 heteroatoms. The van der Waals surface area contributed by atoms with E-state index < -0.39 is 5.97 Å². The monoisotopic (exact) mass is 487 g/mol. The number of benzene rings is 2. The largest absolute Gasteiger partial charge is 0.507 e. The van der Waals surface area contributed by atoms with Gasteiger partial charge < -0.3 is 14.6 Å². The van der Waals surface area contributed by atoms with Crippen LogP contribution in [0.3, 0.4) is 0 Å². The standard InChI is InChI=1S/C29H33N3O4/c1-20(2)10-13-23-16-22(17-24(29(23)34)14-11-21(3)4)12-15-28(33)36-19-25-18-32(31-30-25)26-8-6-7-9-27(26)35-5/h6-12,15-18,34H,13-14,19H2,1-5H3/b15-12+. The molecule has 0 aliphatic rings. The van der Waals surface area contributed by atoms with Gasteiger partial charge in [-0.3, -0.25) is 0 Å². The van der Waals surface area contributed by atoms with Gasteiger partial charge in [0.05, 0.1) is 13.3 Å². The second-order valence-electron chi connectivity index (χ2n) is 8.93. The summed E-state index contributed by atoms with van der Waals surface area (Å²) < 4.78 is 12.3. The zero-order valence-electron chi connectivity index (χ0n) is 21.5. The van der Waals surface area contributed by atoms with Crippen LogP contribution in [0.25, 0.3) is 11.8 Å². The first kappa shape index (κ1) is 26.5. The van der Waals surface area contributed by atoms with E-state index in [-0.39, 0.29) is 6.61 Å². The third-order valence-electron chi connectivity index (χ3n) is 5.40. The first-order valence-corrected chi connectivity index (χ1v) is 11.8. The van der Waals surface area contributed by atoms with Crippen molar-refractivity contribution in [3.05, 3.63) is 94.4 Å². The maximum absolute atomic E-state index is 12.4. The second kappa shape index (κ2) is 12.5. The highest BCUT2D eigenvalue weighted by molar-refractivity contribution is 5.87. The Bertz CT molecular complexity index is 1250. The maximum Gasteiger partial charge on any atom is 0.331 e. The number of allylic oxidation sites excluding steroid dienone is 4. The van der Waals surface area contributed by atoms with Crippen LogP contribution >= 0.6 is 0 Å². The Morgan fingerprint density at radius 1 is 1.03 bits per heavy atom. The number of methoxy groups -OCH3 is 1. The van der Waals surface area contributed by atoms with Crippen molar-refractivity contribution in [2.75, 3.05) is 7.11 Å². The molecule has 0 saturated heterocycles. The second-order valence-corrected chi connectivity index (χ2v) is 8.93. The van der Waals surface area contributed by atoms with Gasteiger partial charge in [-0.25, -0.2) is 9.48 Å². The molecule has 36 heavy (non-hydrogen) atoms. The number of hydrogen-bond acceptors (Lipinski definition) is 6. The van der Waals surface area contributed by atoms with Crippen LogP contribution in [0.2, 0.25) is 0 Å². The lowest BCUT2D eigenvalue weighted by atomic mass is 9.98. The molecule has 0 bridgehead atoms. The van der Waals surface area contributed by atoms with Crippen LogP contribution in [-0.4, -0.2) is 33.2 Å². The van der Waals surface area contributed by atoms with E-state index in [1.165, 1.54) is 17.2 Å². The number of carbonyl (C=O) groups excluding carboxylic acids is 1. The molecule has 0 atom stereocenters. The highest BCUT2D eigenvalue weighted by Crippen LogP contribution is 2.28. The number of nitrogens with zero attached hydrogens (tertiary/aromatic N) is 3. The van der Waals surface area contributed by atoms with Crippen molar-refractivity contribution < 1.29 is 19.4 Å². The van der Waals surface area contributed by atoms with Crippen molar-refractivity contribution in [3.8, 4) is 17.2 Å². The Labute approximate surface area is 212 Å². The van der Waals surface area contributed by atoms with Gasteiger partial charge in [-0.1, -0.05) is 40.6 Å². The molecule has 0 saturated carbocycles. The van der Waals surface area contributed by atoms with E-state index >= 15 is 0 Å². The molecule has 3 rings (SSSR count). The molecule has 0 aliphatic heterocycles. The maximum atomic E-state index is 12.4. The number of esters is 1. The first-order chi connectivity index (χ1) is 17.3. The van der Waals surface area contributed by atoms with Gasteiger partial charge in [0.2, 0.25) is 0 Å². The highest BCUT2D eigenvalue weighted by atomic mass is 16.5. The summed E-state index contributed by atoms with van der Waals surface area (Å²) in [5.41, 5.74) is 6.06. The fourth-order valence-corrected chi connectivity index (χ4v) is 3.48. The lowest BCUT2D eigenvalue weighted by molar-refractivity contribution is -0.139. The number of phenolic OH excluding ortho intramolecular Hbond substituents is 1. The van der Waals surface area contributed by atoms with E-state index in [9.17, 15) is 9.90 Å². The molecule has 3 aromatic rings. The molecule has 1 heterocycles. The van der Waals surface area contributed by atoms with Gasteiger partial charge in [-0.05, 0) is 87.6 Å². The van der Waals surface area contributed by atoms with Crippen molar-refractivity contribution in [1.82, 2.24) is 15.0 Å². The molecule has 188 valence electrons. The van der Waals surface area contributed by atoms with Gasteiger partial charge >= 0.3 is 5.97 Å². The van der Waals surface area contributed by atoms with E-state index in [1.807, 2.05) is 64.1 Å². The van der Waals surface area contributed by atoms with Crippen molar-refractivity contribution in [3.63, 3.8) is 0 Å². The number of rotatable bonds is 10. The molecule has 0 unspecified atom stereocenters. The van der Waals surface area contributed by atoms with Gasteiger partial charge in [0.1, 0.15) is 29.5 Å². The van der Waals surface area contributed by atoms with Gasteiger partial charge in [0, 0.05) is 6.08 Å². The predicted octanol–water partition coefficient (Wildman–Crippen LogP) is 5.76. The minimum Gasteiger partial charge on any atom is -0.507 e. The van der Waals surface area contributed by atoms with Crippen LogP contribution in [0, 0.1) is 0 Å². The average Bonchev–Trinajstić information content (AvgIpc) is 3.33. The van der Waals surface area contributed by atoms with Crippen LogP contribution in [0.15, 0.2) is 72.0 Å². The van der Waals surface area contributed by atoms with Crippen LogP contribution in [0.4, 0.5) is 0 Å². The molecule has 0 aliphatic carbocycles. The Hall–Kier alpha value is -4.13. The number of aromatic nitrogens is 3. The highest BCUT2D eigenvalue weighted by Gasteiger charge is 2.10. The average molecular weight is 488 g/mol. The molecular weight excluding hydrogens is 454 g/mol. The van der Waals surface area contributed by atoms with Gasteiger partial charge in [-0.2, -0.15) is 0 Å². The SMILES string of the molecule is COc1ccccc1-n1cc(COC(=O)/C=C/c2cc(CC=C(C)C)c(O)c(CC=C(C)C)c2)nn1. The lowest BCUT2D eigenvalue weighted by Crippen LogP contribution is -2.01. The third kappa shape index (κ3) is 7.43. The third-order valence-corrected chi connectivity index (χ3v) is 5.40. The van der Waals surface area contributed by atoms with Crippen molar-refractivity contribution in [2.45, 2.75) is 47.1 Å². The van der Waals surface area contributed by atoms with E-state index in [0.717, 1.165) is 22.4 Å². The molecule has 1 N–H and O–H groups in total. The van der Waals surface area contributed by atoms with Crippen LogP contribution in [0.5, 0.6) is 11.5 Å². The van der Waals surface area contributed by atoms with Gasteiger partial charge in [0.15, 0.2) is 0 Å². The zero-order valence-corrected chi connectivity index (χ0v) is 21.5. The van der Waals surface area contributed by atoms with Gasteiger partial charge in [-0.15, -0.1) is 5.10 Å².